The molecule has 1 aliphatic rings. The molecule has 0 spiro atoms. The number of anilines is 1. The van der Waals surface area contributed by atoms with Crippen molar-refractivity contribution >= 4 is 11.7 Å². The lowest BCUT2D eigenvalue weighted by Gasteiger charge is -2.20. The van der Waals surface area contributed by atoms with Gasteiger partial charge in [0.1, 0.15) is 5.69 Å². The molecule has 2 heterocycles. The normalized spacial score (nSPS) is 14.8. The van der Waals surface area contributed by atoms with Gasteiger partial charge in [-0.1, -0.05) is 16.8 Å². The van der Waals surface area contributed by atoms with Crippen LogP contribution in [0.2, 0.25) is 0 Å². The Kier molecular flexibility index (Phi) is 3.18. The number of carbonyl (C=O) groups is 1. The van der Waals surface area contributed by atoms with Crippen molar-refractivity contribution in [1.29, 1.82) is 0 Å². The van der Waals surface area contributed by atoms with Crippen molar-refractivity contribution in [3.63, 3.8) is 0 Å². The lowest BCUT2D eigenvalue weighted by Crippen LogP contribution is -2.18. The third-order valence-electron chi connectivity index (χ3n) is 3.60. The molecule has 0 amide bonds. The molecule has 2 aromatic rings. The van der Waals surface area contributed by atoms with Gasteiger partial charge in [-0.15, -0.1) is 0 Å². The summed E-state index contributed by atoms with van der Waals surface area (Å²) in [5.41, 5.74) is 3.72. The highest BCUT2D eigenvalue weighted by Crippen LogP contribution is 2.33. The summed E-state index contributed by atoms with van der Waals surface area (Å²) in [5.74, 6) is -1.23. The van der Waals surface area contributed by atoms with Crippen molar-refractivity contribution in [2.45, 2.75) is 19.8 Å². The standard InChI is InChI=1S/C15H16N2O3/c1-10-4-5-13(17-6-2-3-7-17)11(8-10)12-9-14(15(18)19)20-16-12/h4-5,8-9H,2-3,6-7H2,1H3,(H,18,19). The van der Waals surface area contributed by atoms with Crippen LogP contribution in [0.4, 0.5) is 5.69 Å². The Bertz CT molecular complexity index is 642. The van der Waals surface area contributed by atoms with E-state index in [-0.39, 0.29) is 5.76 Å². The number of carboxylic acids is 1. The highest BCUT2D eigenvalue weighted by Gasteiger charge is 2.20. The van der Waals surface area contributed by atoms with Gasteiger partial charge in [0.25, 0.3) is 0 Å². The quantitative estimate of drug-likeness (QED) is 0.930. The van der Waals surface area contributed by atoms with E-state index in [0.717, 1.165) is 29.9 Å². The zero-order chi connectivity index (χ0) is 14.1. The predicted octanol–water partition coefficient (Wildman–Crippen LogP) is 2.95. The number of hydrogen-bond acceptors (Lipinski definition) is 4. The zero-order valence-electron chi connectivity index (χ0n) is 11.3. The molecule has 1 saturated heterocycles. The van der Waals surface area contributed by atoms with Gasteiger partial charge in [0.05, 0.1) is 0 Å². The maximum atomic E-state index is 10.9. The van der Waals surface area contributed by atoms with Gasteiger partial charge >= 0.3 is 5.97 Å². The first kappa shape index (κ1) is 12.7. The molecule has 20 heavy (non-hydrogen) atoms. The Morgan fingerprint density at radius 2 is 2.05 bits per heavy atom. The SMILES string of the molecule is Cc1ccc(N2CCCC2)c(-c2cc(C(=O)O)on2)c1. The average Bonchev–Trinajstić information content (AvgIpc) is 3.10. The van der Waals surface area contributed by atoms with Crippen LogP contribution in [0.25, 0.3) is 11.3 Å². The minimum absolute atomic E-state index is 0.131. The first-order valence-electron chi connectivity index (χ1n) is 6.71. The van der Waals surface area contributed by atoms with Crippen molar-refractivity contribution < 1.29 is 14.4 Å². The molecule has 1 aromatic carbocycles. The van der Waals surface area contributed by atoms with Crippen LogP contribution in [-0.4, -0.2) is 29.3 Å². The molecule has 1 aromatic heterocycles. The minimum atomic E-state index is -1.10. The summed E-state index contributed by atoms with van der Waals surface area (Å²) < 4.78 is 4.87. The maximum absolute atomic E-state index is 10.9. The second-order valence-electron chi connectivity index (χ2n) is 5.10. The molecule has 0 bridgehead atoms. The second-order valence-corrected chi connectivity index (χ2v) is 5.10. The van der Waals surface area contributed by atoms with E-state index in [0.29, 0.717) is 5.69 Å². The van der Waals surface area contributed by atoms with Crippen molar-refractivity contribution in [3.8, 4) is 11.3 Å². The first-order valence-corrected chi connectivity index (χ1v) is 6.71. The number of aromatic nitrogens is 1. The Balaban J connectivity index is 2.05. The monoisotopic (exact) mass is 272 g/mol. The van der Waals surface area contributed by atoms with E-state index in [1.54, 1.807) is 0 Å². The Labute approximate surface area is 116 Å². The van der Waals surface area contributed by atoms with Crippen molar-refractivity contribution in [1.82, 2.24) is 5.16 Å². The number of rotatable bonds is 3. The summed E-state index contributed by atoms with van der Waals surface area (Å²) in [4.78, 5) is 13.2. The molecule has 0 unspecified atom stereocenters. The summed E-state index contributed by atoms with van der Waals surface area (Å²) >= 11 is 0. The number of nitrogens with zero attached hydrogens (tertiary/aromatic N) is 2. The lowest BCUT2D eigenvalue weighted by molar-refractivity contribution is 0.0652. The van der Waals surface area contributed by atoms with Gasteiger partial charge in [-0.3, -0.25) is 0 Å². The third-order valence-corrected chi connectivity index (χ3v) is 3.60. The van der Waals surface area contributed by atoms with E-state index in [2.05, 4.69) is 22.2 Å². The van der Waals surface area contributed by atoms with Gasteiger partial charge in [0.2, 0.25) is 5.76 Å². The largest absolute Gasteiger partial charge is 0.475 e. The highest BCUT2D eigenvalue weighted by atomic mass is 16.5. The van der Waals surface area contributed by atoms with Gasteiger partial charge in [0.15, 0.2) is 0 Å². The average molecular weight is 272 g/mol. The van der Waals surface area contributed by atoms with Crippen LogP contribution in [0.15, 0.2) is 28.8 Å². The molecule has 5 heteroatoms. The lowest BCUT2D eigenvalue weighted by atomic mass is 10.1. The van der Waals surface area contributed by atoms with E-state index in [9.17, 15) is 4.79 Å². The van der Waals surface area contributed by atoms with Crippen LogP contribution in [0.1, 0.15) is 29.0 Å². The van der Waals surface area contributed by atoms with E-state index in [1.807, 2.05) is 13.0 Å². The molecule has 1 fully saturated rings. The Morgan fingerprint density at radius 3 is 2.70 bits per heavy atom. The number of aryl methyl sites for hydroxylation is 1. The van der Waals surface area contributed by atoms with Gasteiger partial charge in [-0.2, -0.15) is 0 Å². The van der Waals surface area contributed by atoms with Gasteiger partial charge in [-0.05, 0) is 31.9 Å². The van der Waals surface area contributed by atoms with Crippen LogP contribution in [-0.2, 0) is 0 Å². The third kappa shape index (κ3) is 2.27. The van der Waals surface area contributed by atoms with Gasteiger partial charge in [-0.25, -0.2) is 4.79 Å². The highest BCUT2D eigenvalue weighted by molar-refractivity contribution is 5.87. The van der Waals surface area contributed by atoms with E-state index in [1.165, 1.54) is 18.9 Å². The van der Waals surface area contributed by atoms with Crippen LogP contribution in [0.5, 0.6) is 0 Å². The van der Waals surface area contributed by atoms with E-state index >= 15 is 0 Å². The minimum Gasteiger partial charge on any atom is -0.475 e. The molecule has 3 rings (SSSR count). The second kappa shape index (κ2) is 5.00. The van der Waals surface area contributed by atoms with Crippen molar-refractivity contribution in [2.24, 2.45) is 0 Å². The fraction of sp³-hybridized carbons (Fsp3) is 0.333. The molecule has 0 saturated carbocycles. The topological polar surface area (TPSA) is 66.6 Å². The van der Waals surface area contributed by atoms with Crippen molar-refractivity contribution in [3.05, 3.63) is 35.6 Å². The fourth-order valence-electron chi connectivity index (χ4n) is 2.59. The molecule has 1 N–H and O–H groups in total. The smallest absolute Gasteiger partial charge is 0.374 e. The number of aromatic carboxylic acids is 1. The zero-order valence-corrected chi connectivity index (χ0v) is 11.3. The molecule has 0 radical (unpaired) electrons. The predicted molar refractivity (Wildman–Crippen MR) is 75.1 cm³/mol. The molecule has 5 nitrogen and oxygen atoms in total. The molecule has 1 aliphatic heterocycles. The number of carboxylic acid groups (broad SMARTS) is 1. The summed E-state index contributed by atoms with van der Waals surface area (Å²) in [6, 6.07) is 7.65. The Morgan fingerprint density at radius 1 is 1.30 bits per heavy atom. The summed E-state index contributed by atoms with van der Waals surface area (Å²) in [7, 11) is 0. The summed E-state index contributed by atoms with van der Waals surface area (Å²) in [5, 5.41) is 12.8. The van der Waals surface area contributed by atoms with Crippen molar-refractivity contribution in [2.75, 3.05) is 18.0 Å². The van der Waals surface area contributed by atoms with Crippen LogP contribution >= 0.6 is 0 Å². The summed E-state index contributed by atoms with van der Waals surface area (Å²) in [6.45, 7) is 4.06. The van der Waals surface area contributed by atoms with Gasteiger partial charge < -0.3 is 14.5 Å². The number of benzene rings is 1. The van der Waals surface area contributed by atoms with Crippen LogP contribution < -0.4 is 4.90 Å². The molecular formula is C15H16N2O3. The van der Waals surface area contributed by atoms with Crippen LogP contribution in [0.3, 0.4) is 0 Å². The molecular weight excluding hydrogens is 256 g/mol. The molecule has 104 valence electrons. The first-order chi connectivity index (χ1) is 9.65. The fourth-order valence-corrected chi connectivity index (χ4v) is 2.59. The van der Waals surface area contributed by atoms with Gasteiger partial charge in [0, 0.05) is 30.4 Å². The molecule has 0 aliphatic carbocycles. The number of hydrogen-bond donors (Lipinski definition) is 1. The molecule has 0 atom stereocenters. The maximum Gasteiger partial charge on any atom is 0.374 e. The van der Waals surface area contributed by atoms with E-state index in [4.69, 9.17) is 9.63 Å². The summed E-state index contributed by atoms with van der Waals surface area (Å²) in [6.07, 6.45) is 2.37. The van der Waals surface area contributed by atoms with Crippen LogP contribution in [0, 0.1) is 6.92 Å². The van der Waals surface area contributed by atoms with E-state index < -0.39 is 5.97 Å². The Hall–Kier alpha value is -2.30.